The lowest BCUT2D eigenvalue weighted by Crippen LogP contribution is -2.20. The van der Waals surface area contributed by atoms with Gasteiger partial charge in [0, 0.05) is 6.42 Å². The molecule has 2 N–H and O–H groups in total. The Morgan fingerprint density at radius 3 is 2.77 bits per heavy atom. The highest BCUT2D eigenvalue weighted by Gasteiger charge is 2.02. The molecule has 0 heterocycles. The molecule has 0 bridgehead atoms. The van der Waals surface area contributed by atoms with Gasteiger partial charge in [0.2, 0.25) is 5.91 Å². The number of rotatable bonds is 6. The second-order valence-corrected chi connectivity index (χ2v) is 2.70. The maximum absolute atomic E-state index is 11.1. The molecule has 0 aromatic heterocycles. The van der Waals surface area contributed by atoms with Gasteiger partial charge >= 0.3 is 0 Å². The average molecular weight is 180 g/mol. The van der Waals surface area contributed by atoms with Crippen LogP contribution in [0.1, 0.15) is 26.2 Å². The van der Waals surface area contributed by atoms with Crippen molar-refractivity contribution >= 4 is 12.2 Å². The first-order valence-corrected chi connectivity index (χ1v) is 4.33. The first-order valence-electron chi connectivity index (χ1n) is 4.33. The Morgan fingerprint density at radius 1 is 1.62 bits per heavy atom. The van der Waals surface area contributed by atoms with E-state index in [1.807, 2.05) is 6.08 Å². The molecule has 0 fully saturated rings. The van der Waals surface area contributed by atoms with Crippen LogP contribution in [0.3, 0.4) is 0 Å². The molecule has 1 amide bonds. The summed E-state index contributed by atoms with van der Waals surface area (Å²) in [6.07, 6.45) is 6.71. The number of nitrogens with one attached hydrogen (secondary N) is 2. The van der Waals surface area contributed by atoms with Gasteiger partial charge in [-0.3, -0.25) is 10.2 Å². The number of hydrogen-bond acceptors (Lipinski definition) is 2. The fourth-order valence-corrected chi connectivity index (χ4v) is 1.06. The van der Waals surface area contributed by atoms with E-state index in [1.54, 1.807) is 6.08 Å². The molecule has 0 aromatic rings. The van der Waals surface area contributed by atoms with Crippen LogP contribution < -0.4 is 5.32 Å². The Balaban J connectivity index is 4.08. The van der Waals surface area contributed by atoms with E-state index in [1.165, 1.54) is 0 Å². The predicted molar refractivity (Wildman–Crippen MR) is 54.7 cm³/mol. The van der Waals surface area contributed by atoms with E-state index in [-0.39, 0.29) is 5.91 Å². The molecule has 0 aliphatic carbocycles. The summed E-state index contributed by atoms with van der Waals surface area (Å²) >= 11 is 0. The summed E-state index contributed by atoms with van der Waals surface area (Å²) in [6, 6.07) is 0. The molecule has 0 unspecified atom stereocenters. The van der Waals surface area contributed by atoms with Crippen LogP contribution in [0.4, 0.5) is 0 Å². The molecule has 0 aromatic carbocycles. The monoisotopic (exact) mass is 180 g/mol. The Hall–Kier alpha value is -1.38. The zero-order chi connectivity index (χ0) is 10.1. The van der Waals surface area contributed by atoms with Gasteiger partial charge in [0.05, 0.1) is 6.34 Å². The fraction of sp³-hybridized carbons (Fsp3) is 0.400. The predicted octanol–water partition coefficient (Wildman–Crippen LogP) is 2.01. The van der Waals surface area contributed by atoms with Gasteiger partial charge in [-0.25, -0.2) is 0 Å². The summed E-state index contributed by atoms with van der Waals surface area (Å²) < 4.78 is 0. The maximum atomic E-state index is 11.1. The molecule has 3 nitrogen and oxygen atoms in total. The Bertz CT molecular complexity index is 219. The average Bonchev–Trinajstić information content (AvgIpc) is 2.05. The number of carbonyl (C=O) groups is 1. The molecule has 0 aliphatic rings. The van der Waals surface area contributed by atoms with Gasteiger partial charge in [0.1, 0.15) is 0 Å². The van der Waals surface area contributed by atoms with Crippen molar-refractivity contribution < 1.29 is 4.79 Å². The highest BCUT2D eigenvalue weighted by Crippen LogP contribution is 2.09. The van der Waals surface area contributed by atoms with E-state index in [0.29, 0.717) is 6.42 Å². The first-order chi connectivity index (χ1) is 6.24. The molecule has 0 rings (SSSR count). The minimum Gasteiger partial charge on any atom is -0.317 e. The molecule has 0 saturated carbocycles. The molecular formula is C10H16N2O. The van der Waals surface area contributed by atoms with E-state index < -0.39 is 0 Å². The van der Waals surface area contributed by atoms with Crippen molar-refractivity contribution in [1.29, 1.82) is 5.41 Å². The van der Waals surface area contributed by atoms with Crippen LogP contribution >= 0.6 is 0 Å². The lowest BCUT2D eigenvalue weighted by molar-refractivity contribution is -0.119. The minimum atomic E-state index is -0.142. The van der Waals surface area contributed by atoms with E-state index >= 15 is 0 Å². The van der Waals surface area contributed by atoms with Crippen molar-refractivity contribution in [3.8, 4) is 0 Å². The topological polar surface area (TPSA) is 53.0 Å². The summed E-state index contributed by atoms with van der Waals surface area (Å²) in [5.74, 6) is -0.142. The van der Waals surface area contributed by atoms with Crippen molar-refractivity contribution in [3.05, 3.63) is 24.3 Å². The number of hydrogen-bond donors (Lipinski definition) is 2. The van der Waals surface area contributed by atoms with Crippen molar-refractivity contribution in [2.75, 3.05) is 0 Å². The highest BCUT2D eigenvalue weighted by atomic mass is 16.1. The van der Waals surface area contributed by atoms with Crippen molar-refractivity contribution in [3.63, 3.8) is 0 Å². The van der Waals surface area contributed by atoms with Gasteiger partial charge in [-0.2, -0.15) is 0 Å². The van der Waals surface area contributed by atoms with Crippen molar-refractivity contribution in [1.82, 2.24) is 5.32 Å². The molecule has 0 spiro atoms. The number of amides is 1. The third-order valence-electron chi connectivity index (χ3n) is 1.55. The fourth-order valence-electron chi connectivity index (χ4n) is 1.06. The smallest absolute Gasteiger partial charge is 0.229 e. The summed E-state index contributed by atoms with van der Waals surface area (Å²) in [5, 5.41) is 9.01. The van der Waals surface area contributed by atoms with Crippen molar-refractivity contribution in [2.45, 2.75) is 26.2 Å². The molecular weight excluding hydrogens is 164 g/mol. The number of carbonyl (C=O) groups excluding carboxylic acids is 1. The lowest BCUT2D eigenvalue weighted by atomic mass is 10.1. The van der Waals surface area contributed by atoms with Crippen LogP contribution in [0.25, 0.3) is 0 Å². The third kappa shape index (κ3) is 5.84. The normalized spacial score (nSPS) is 10.7. The van der Waals surface area contributed by atoms with Gasteiger partial charge in [0.25, 0.3) is 0 Å². The summed E-state index contributed by atoms with van der Waals surface area (Å²) in [7, 11) is 0. The highest BCUT2D eigenvalue weighted by molar-refractivity contribution is 5.88. The molecule has 0 atom stereocenters. The Labute approximate surface area is 79.0 Å². The number of allylic oxidation sites excluding steroid dienone is 2. The quantitative estimate of drug-likeness (QED) is 0.366. The van der Waals surface area contributed by atoms with Crippen LogP contribution in [-0.2, 0) is 4.79 Å². The van der Waals surface area contributed by atoms with Gasteiger partial charge in [-0.05, 0) is 6.42 Å². The molecule has 0 aliphatic heterocycles. The van der Waals surface area contributed by atoms with Crippen molar-refractivity contribution in [2.24, 2.45) is 0 Å². The third-order valence-corrected chi connectivity index (χ3v) is 1.55. The molecule has 0 radical (unpaired) electrons. The zero-order valence-corrected chi connectivity index (χ0v) is 7.97. The summed E-state index contributed by atoms with van der Waals surface area (Å²) in [6.45, 7) is 5.64. The second-order valence-electron chi connectivity index (χ2n) is 2.70. The minimum absolute atomic E-state index is 0.142. The molecule has 13 heavy (non-hydrogen) atoms. The lowest BCUT2D eigenvalue weighted by Gasteiger charge is -2.03. The maximum Gasteiger partial charge on any atom is 0.229 e. The van der Waals surface area contributed by atoms with Crippen LogP contribution in [0.2, 0.25) is 0 Å². The SMILES string of the molecule is C=C/C=C(\CCC)CC(=O)NC=N. The Kier molecular flexibility index (Phi) is 6.51. The van der Waals surface area contributed by atoms with Crippen LogP contribution in [0, 0.1) is 5.41 Å². The molecule has 0 saturated heterocycles. The van der Waals surface area contributed by atoms with Crippen LogP contribution in [0.15, 0.2) is 24.3 Å². The standard InChI is InChI=1S/C10H16N2O/c1-3-5-9(6-4-2)7-10(13)12-8-11/h3,5,8H,1,4,6-7H2,2H3,(H2,11,12,13)/b9-5+. The van der Waals surface area contributed by atoms with Gasteiger partial charge < -0.3 is 5.32 Å². The largest absolute Gasteiger partial charge is 0.317 e. The van der Waals surface area contributed by atoms with E-state index in [9.17, 15) is 4.79 Å². The molecule has 3 heteroatoms. The summed E-state index contributed by atoms with van der Waals surface area (Å²) in [5.41, 5.74) is 1.05. The summed E-state index contributed by atoms with van der Waals surface area (Å²) in [4.78, 5) is 11.1. The van der Waals surface area contributed by atoms with Crippen LogP contribution in [-0.4, -0.2) is 12.2 Å². The second kappa shape index (κ2) is 7.28. The van der Waals surface area contributed by atoms with E-state index in [0.717, 1.165) is 24.8 Å². The van der Waals surface area contributed by atoms with Gasteiger partial charge in [0.15, 0.2) is 0 Å². The van der Waals surface area contributed by atoms with E-state index in [4.69, 9.17) is 5.41 Å². The Morgan fingerprint density at radius 2 is 2.31 bits per heavy atom. The van der Waals surface area contributed by atoms with Gasteiger partial charge in [-0.1, -0.05) is 37.6 Å². The first kappa shape index (κ1) is 11.6. The zero-order valence-electron chi connectivity index (χ0n) is 7.97. The molecule has 72 valence electrons. The van der Waals surface area contributed by atoms with Gasteiger partial charge in [-0.15, -0.1) is 0 Å². The van der Waals surface area contributed by atoms with Crippen LogP contribution in [0.5, 0.6) is 0 Å². The van der Waals surface area contributed by atoms with E-state index in [2.05, 4.69) is 18.8 Å².